The van der Waals surface area contributed by atoms with Gasteiger partial charge in [0.25, 0.3) is 0 Å². The van der Waals surface area contributed by atoms with Gasteiger partial charge >= 0.3 is 0 Å². The standard InChI is InChI=1S/C10H10F2N2/c1-3-8(14-13)9-7(11)5-4-6(2)10(9)12/h1,4-5,8,14H,13H2,2H3. The molecular weight excluding hydrogens is 186 g/mol. The van der Waals surface area contributed by atoms with Crippen LogP contribution in [0, 0.1) is 30.9 Å². The highest BCUT2D eigenvalue weighted by Gasteiger charge is 2.18. The molecule has 0 aliphatic carbocycles. The normalized spacial score (nSPS) is 12.2. The summed E-state index contributed by atoms with van der Waals surface area (Å²) in [6, 6.07) is 1.56. The first kappa shape index (κ1) is 10.6. The molecule has 0 radical (unpaired) electrons. The van der Waals surface area contributed by atoms with Crippen molar-refractivity contribution in [2.24, 2.45) is 5.84 Å². The maximum Gasteiger partial charge on any atom is 0.134 e. The summed E-state index contributed by atoms with van der Waals surface area (Å²) in [6.07, 6.45) is 5.08. The lowest BCUT2D eigenvalue weighted by Gasteiger charge is -2.12. The second kappa shape index (κ2) is 4.18. The molecule has 1 unspecified atom stereocenters. The highest BCUT2D eigenvalue weighted by molar-refractivity contribution is 5.32. The predicted octanol–water partition coefficient (Wildman–Crippen LogP) is 1.41. The maximum atomic E-state index is 13.5. The number of benzene rings is 1. The number of nitrogens with one attached hydrogen (secondary N) is 1. The van der Waals surface area contributed by atoms with Crippen LogP contribution in [-0.2, 0) is 0 Å². The van der Waals surface area contributed by atoms with Crippen LogP contribution in [0.4, 0.5) is 8.78 Å². The van der Waals surface area contributed by atoms with E-state index in [1.807, 2.05) is 0 Å². The SMILES string of the molecule is C#CC(NN)c1c(F)ccc(C)c1F. The summed E-state index contributed by atoms with van der Waals surface area (Å²) in [7, 11) is 0. The summed E-state index contributed by atoms with van der Waals surface area (Å²) in [5, 5.41) is 0. The molecule has 0 saturated heterocycles. The van der Waals surface area contributed by atoms with Crippen molar-refractivity contribution in [3.05, 3.63) is 34.9 Å². The monoisotopic (exact) mass is 196 g/mol. The van der Waals surface area contributed by atoms with Gasteiger partial charge in [-0.15, -0.1) is 6.42 Å². The van der Waals surface area contributed by atoms with Crippen LogP contribution in [0.1, 0.15) is 17.2 Å². The van der Waals surface area contributed by atoms with Crippen molar-refractivity contribution in [2.75, 3.05) is 0 Å². The molecule has 1 atom stereocenters. The number of rotatable bonds is 2. The molecule has 0 amide bonds. The van der Waals surface area contributed by atoms with Crippen LogP contribution in [0.25, 0.3) is 0 Å². The van der Waals surface area contributed by atoms with E-state index in [0.29, 0.717) is 5.56 Å². The average molecular weight is 196 g/mol. The van der Waals surface area contributed by atoms with Crippen LogP contribution < -0.4 is 11.3 Å². The highest BCUT2D eigenvalue weighted by Crippen LogP contribution is 2.22. The summed E-state index contributed by atoms with van der Waals surface area (Å²) < 4.78 is 26.7. The quantitative estimate of drug-likeness (QED) is 0.426. The molecule has 74 valence electrons. The Morgan fingerprint density at radius 3 is 2.64 bits per heavy atom. The van der Waals surface area contributed by atoms with Crippen molar-refractivity contribution in [1.29, 1.82) is 0 Å². The van der Waals surface area contributed by atoms with Gasteiger partial charge in [-0.3, -0.25) is 5.84 Å². The number of hydrogen-bond acceptors (Lipinski definition) is 2. The van der Waals surface area contributed by atoms with Crippen LogP contribution in [0.5, 0.6) is 0 Å². The predicted molar refractivity (Wildman–Crippen MR) is 50.0 cm³/mol. The fourth-order valence-electron chi connectivity index (χ4n) is 1.16. The number of hydrazine groups is 1. The minimum Gasteiger partial charge on any atom is -0.270 e. The smallest absolute Gasteiger partial charge is 0.134 e. The number of hydrogen-bond donors (Lipinski definition) is 2. The van der Waals surface area contributed by atoms with E-state index in [4.69, 9.17) is 12.3 Å². The fourth-order valence-corrected chi connectivity index (χ4v) is 1.16. The Balaban J connectivity index is 3.32. The molecule has 1 aromatic carbocycles. The second-order valence-corrected chi connectivity index (χ2v) is 2.86. The first-order valence-corrected chi connectivity index (χ1v) is 3.98. The molecule has 3 N–H and O–H groups in total. The van der Waals surface area contributed by atoms with Crippen LogP contribution in [-0.4, -0.2) is 0 Å². The maximum absolute atomic E-state index is 13.5. The Morgan fingerprint density at radius 1 is 1.50 bits per heavy atom. The van der Waals surface area contributed by atoms with E-state index in [1.165, 1.54) is 13.0 Å². The van der Waals surface area contributed by atoms with Gasteiger partial charge in [-0.1, -0.05) is 12.0 Å². The minimum absolute atomic E-state index is 0.213. The Hall–Kier alpha value is -1.44. The first-order valence-electron chi connectivity index (χ1n) is 3.98. The molecule has 0 heterocycles. The van der Waals surface area contributed by atoms with E-state index in [2.05, 4.69) is 11.3 Å². The molecule has 0 bridgehead atoms. The van der Waals surface area contributed by atoms with Gasteiger partial charge in [-0.05, 0) is 18.6 Å². The number of halogens is 2. The van der Waals surface area contributed by atoms with Crippen molar-refractivity contribution in [2.45, 2.75) is 13.0 Å². The zero-order valence-corrected chi connectivity index (χ0v) is 7.64. The molecule has 4 heteroatoms. The van der Waals surface area contributed by atoms with Gasteiger partial charge in [0.15, 0.2) is 0 Å². The highest BCUT2D eigenvalue weighted by atomic mass is 19.1. The molecule has 0 spiro atoms. The molecule has 0 fully saturated rings. The van der Waals surface area contributed by atoms with E-state index in [-0.39, 0.29) is 5.56 Å². The molecule has 0 aliphatic heterocycles. The van der Waals surface area contributed by atoms with Crippen molar-refractivity contribution < 1.29 is 8.78 Å². The molecule has 1 aromatic rings. The first-order chi connectivity index (χ1) is 6.61. The van der Waals surface area contributed by atoms with Gasteiger partial charge in [0, 0.05) is 0 Å². The second-order valence-electron chi connectivity index (χ2n) is 2.86. The summed E-state index contributed by atoms with van der Waals surface area (Å²) in [5.41, 5.74) is 2.28. The Labute approximate surface area is 81.1 Å². The summed E-state index contributed by atoms with van der Waals surface area (Å²) >= 11 is 0. The van der Waals surface area contributed by atoms with Crippen LogP contribution >= 0.6 is 0 Å². The van der Waals surface area contributed by atoms with Gasteiger partial charge in [0.1, 0.15) is 17.7 Å². The van der Waals surface area contributed by atoms with Crippen molar-refractivity contribution in [3.8, 4) is 12.3 Å². The lowest BCUT2D eigenvalue weighted by atomic mass is 10.0. The van der Waals surface area contributed by atoms with Gasteiger partial charge in [0.2, 0.25) is 0 Å². The Kier molecular flexibility index (Phi) is 3.18. The van der Waals surface area contributed by atoms with E-state index >= 15 is 0 Å². The largest absolute Gasteiger partial charge is 0.270 e. The lowest BCUT2D eigenvalue weighted by Crippen LogP contribution is -2.28. The number of terminal acetylenes is 1. The molecular formula is C10H10F2N2. The summed E-state index contributed by atoms with van der Waals surface area (Å²) in [6.45, 7) is 1.53. The van der Waals surface area contributed by atoms with E-state index < -0.39 is 17.7 Å². The van der Waals surface area contributed by atoms with Gasteiger partial charge < -0.3 is 0 Å². The fraction of sp³-hybridized carbons (Fsp3) is 0.200. The molecule has 0 aliphatic rings. The van der Waals surface area contributed by atoms with E-state index in [9.17, 15) is 8.78 Å². The third-order valence-electron chi connectivity index (χ3n) is 1.94. The van der Waals surface area contributed by atoms with Crippen molar-refractivity contribution in [1.82, 2.24) is 5.43 Å². The third kappa shape index (κ3) is 1.74. The molecule has 2 nitrogen and oxygen atoms in total. The minimum atomic E-state index is -0.949. The Bertz CT molecular complexity index is 382. The lowest BCUT2D eigenvalue weighted by molar-refractivity contribution is 0.518. The zero-order valence-electron chi connectivity index (χ0n) is 7.64. The average Bonchev–Trinajstić information content (AvgIpc) is 2.19. The van der Waals surface area contributed by atoms with Crippen LogP contribution in [0.2, 0.25) is 0 Å². The topological polar surface area (TPSA) is 38.0 Å². The van der Waals surface area contributed by atoms with E-state index in [1.54, 1.807) is 0 Å². The summed E-state index contributed by atoms with van der Waals surface area (Å²) in [5.74, 6) is 5.88. The van der Waals surface area contributed by atoms with Crippen molar-refractivity contribution >= 4 is 0 Å². The van der Waals surface area contributed by atoms with Gasteiger partial charge in [-0.25, -0.2) is 14.2 Å². The summed E-state index contributed by atoms with van der Waals surface area (Å²) in [4.78, 5) is 0. The molecule has 0 saturated carbocycles. The van der Waals surface area contributed by atoms with E-state index in [0.717, 1.165) is 6.07 Å². The zero-order chi connectivity index (χ0) is 10.7. The molecule has 1 rings (SSSR count). The van der Waals surface area contributed by atoms with Crippen LogP contribution in [0.15, 0.2) is 12.1 Å². The van der Waals surface area contributed by atoms with Crippen molar-refractivity contribution in [3.63, 3.8) is 0 Å². The van der Waals surface area contributed by atoms with Gasteiger partial charge in [-0.2, -0.15) is 0 Å². The molecule has 14 heavy (non-hydrogen) atoms. The third-order valence-corrected chi connectivity index (χ3v) is 1.94. The number of nitrogens with two attached hydrogens (primary N) is 1. The Morgan fingerprint density at radius 2 is 2.14 bits per heavy atom. The van der Waals surface area contributed by atoms with Gasteiger partial charge in [0.05, 0.1) is 5.56 Å². The number of aryl methyl sites for hydroxylation is 1. The molecule has 0 aromatic heterocycles. The van der Waals surface area contributed by atoms with Crippen LogP contribution in [0.3, 0.4) is 0 Å².